The maximum absolute atomic E-state index is 13.6. The largest absolute Gasteiger partial charge is 0.356 e. The molecule has 4 rings (SSSR count). The van der Waals surface area contributed by atoms with Gasteiger partial charge in [-0.1, -0.05) is 47.1 Å². The van der Waals surface area contributed by atoms with Crippen LogP contribution in [0.4, 0.5) is 0 Å². The number of Topliss-reactive ketones (excluding diaryl/α,β-unsaturated/α-hetero) is 1. The molecule has 42 heavy (non-hydrogen) atoms. The predicted molar refractivity (Wildman–Crippen MR) is 175 cm³/mol. The zero-order valence-corrected chi connectivity index (χ0v) is 27.3. The zero-order chi connectivity index (χ0) is 30.1. The second-order valence-electron chi connectivity index (χ2n) is 12.7. The number of hydrogen-bond donors (Lipinski definition) is 1. The summed E-state index contributed by atoms with van der Waals surface area (Å²) < 4.78 is 2.38. The van der Waals surface area contributed by atoms with Gasteiger partial charge in [0.2, 0.25) is 5.91 Å². The lowest BCUT2D eigenvalue weighted by Gasteiger charge is -2.32. The summed E-state index contributed by atoms with van der Waals surface area (Å²) >= 11 is 1.75. The molecule has 0 aliphatic carbocycles. The molecule has 1 aliphatic rings. The Bertz CT molecular complexity index is 1270. The molecule has 0 unspecified atom stereocenters. The summed E-state index contributed by atoms with van der Waals surface area (Å²) in [6, 6.07) is 10.6. The van der Waals surface area contributed by atoms with Crippen LogP contribution >= 0.6 is 11.3 Å². The first-order valence-corrected chi connectivity index (χ1v) is 17.3. The fourth-order valence-corrected chi connectivity index (χ4v) is 7.16. The Morgan fingerprint density at radius 1 is 1.10 bits per heavy atom. The molecule has 1 fully saturated rings. The van der Waals surface area contributed by atoms with Crippen molar-refractivity contribution in [3.63, 3.8) is 0 Å². The zero-order valence-electron chi connectivity index (χ0n) is 26.5. The number of piperidine rings is 1. The quantitative estimate of drug-likeness (QED) is 0.172. The molecule has 3 aromatic rings. The van der Waals surface area contributed by atoms with Crippen molar-refractivity contribution in [2.75, 3.05) is 26.2 Å². The van der Waals surface area contributed by atoms with Crippen molar-refractivity contribution >= 4 is 34.1 Å². The molecule has 1 N–H and O–H groups in total. The summed E-state index contributed by atoms with van der Waals surface area (Å²) in [7, 11) is 0. The number of thiophene rings is 1. The number of likely N-dealkylation sites (tertiary alicyclic amines) is 1. The Balaban J connectivity index is 1.44. The average Bonchev–Trinajstić information content (AvgIpc) is 3.63. The standard InChI is InChI=1S/C35H52N4O2S/c1-6-9-16-38-17-14-26(15-18-38)24-36-35(41)28(20-25(4)5)22-33(40)27-12-13-32-31(21-27)37-34(23-30-11-10-19-42-30)39(32)29(7-2)8-3/h10-13,19,21,25-26,28-29H,6-9,14-18,20,22-24H2,1-5H3,(H,36,41)/t28-/m1/s1. The summed E-state index contributed by atoms with van der Waals surface area (Å²) in [5.41, 5.74) is 2.61. The Labute approximate surface area is 257 Å². The first kappa shape index (κ1) is 32.4. The van der Waals surface area contributed by atoms with Gasteiger partial charge in [0, 0.05) is 41.8 Å². The number of fused-ring (bicyclic) bond motifs is 1. The van der Waals surface area contributed by atoms with Gasteiger partial charge in [0.25, 0.3) is 0 Å². The molecule has 0 bridgehead atoms. The number of carbonyl (C=O) groups is 2. The van der Waals surface area contributed by atoms with E-state index in [-0.39, 0.29) is 24.0 Å². The lowest BCUT2D eigenvalue weighted by molar-refractivity contribution is -0.125. The van der Waals surface area contributed by atoms with Crippen LogP contribution in [0.3, 0.4) is 0 Å². The van der Waals surface area contributed by atoms with Crippen LogP contribution < -0.4 is 5.32 Å². The van der Waals surface area contributed by atoms with E-state index in [0.29, 0.717) is 29.9 Å². The van der Waals surface area contributed by atoms with Crippen molar-refractivity contribution in [1.82, 2.24) is 19.8 Å². The van der Waals surface area contributed by atoms with Crippen molar-refractivity contribution in [1.29, 1.82) is 0 Å². The number of amides is 1. The van der Waals surface area contributed by atoms with Gasteiger partial charge in [-0.2, -0.15) is 0 Å². The van der Waals surface area contributed by atoms with E-state index in [4.69, 9.17) is 4.98 Å². The number of hydrogen-bond acceptors (Lipinski definition) is 5. The van der Waals surface area contributed by atoms with Gasteiger partial charge < -0.3 is 14.8 Å². The minimum absolute atomic E-state index is 0.0267. The van der Waals surface area contributed by atoms with Crippen molar-refractivity contribution in [2.24, 2.45) is 17.8 Å². The van der Waals surface area contributed by atoms with Crippen LogP contribution in [-0.4, -0.2) is 52.3 Å². The lowest BCUT2D eigenvalue weighted by Crippen LogP contribution is -2.41. The number of carbonyl (C=O) groups excluding carboxylic acids is 2. The molecule has 1 aliphatic heterocycles. The summed E-state index contributed by atoms with van der Waals surface area (Å²) in [4.78, 5) is 35.8. The third-order valence-electron chi connectivity index (χ3n) is 8.96. The highest BCUT2D eigenvalue weighted by Crippen LogP contribution is 2.29. The predicted octanol–water partition coefficient (Wildman–Crippen LogP) is 7.91. The highest BCUT2D eigenvalue weighted by atomic mass is 32.1. The first-order valence-electron chi connectivity index (χ1n) is 16.4. The van der Waals surface area contributed by atoms with Crippen LogP contribution in [0, 0.1) is 17.8 Å². The van der Waals surface area contributed by atoms with E-state index in [9.17, 15) is 9.59 Å². The Kier molecular flexibility index (Phi) is 12.2. The maximum Gasteiger partial charge on any atom is 0.223 e. The average molecular weight is 593 g/mol. The topological polar surface area (TPSA) is 67.2 Å². The summed E-state index contributed by atoms with van der Waals surface area (Å²) in [6.07, 6.45) is 8.57. The Morgan fingerprint density at radius 2 is 1.86 bits per heavy atom. The number of nitrogens with zero attached hydrogens (tertiary/aromatic N) is 3. The molecule has 7 heteroatoms. The number of unbranched alkanes of at least 4 members (excludes halogenated alkanes) is 1. The van der Waals surface area contributed by atoms with Gasteiger partial charge >= 0.3 is 0 Å². The van der Waals surface area contributed by atoms with Gasteiger partial charge in [0.15, 0.2) is 5.78 Å². The second kappa shape index (κ2) is 15.8. The molecule has 1 atom stereocenters. The second-order valence-corrected chi connectivity index (χ2v) is 13.7. The van der Waals surface area contributed by atoms with E-state index >= 15 is 0 Å². The van der Waals surface area contributed by atoms with Crippen LogP contribution in [0.1, 0.15) is 113 Å². The summed E-state index contributed by atoms with van der Waals surface area (Å²) in [5.74, 6) is 1.67. The van der Waals surface area contributed by atoms with Crippen molar-refractivity contribution in [2.45, 2.75) is 98.4 Å². The molecule has 1 aromatic carbocycles. The van der Waals surface area contributed by atoms with E-state index in [1.807, 2.05) is 12.1 Å². The van der Waals surface area contributed by atoms with Crippen LogP contribution in [0.5, 0.6) is 0 Å². The van der Waals surface area contributed by atoms with Crippen molar-refractivity contribution in [3.05, 3.63) is 52.0 Å². The monoisotopic (exact) mass is 592 g/mol. The minimum Gasteiger partial charge on any atom is -0.356 e. The van der Waals surface area contributed by atoms with Gasteiger partial charge in [-0.15, -0.1) is 11.3 Å². The van der Waals surface area contributed by atoms with Gasteiger partial charge in [-0.25, -0.2) is 4.98 Å². The smallest absolute Gasteiger partial charge is 0.223 e. The number of aromatic nitrogens is 2. The molecule has 2 aromatic heterocycles. The van der Waals surface area contributed by atoms with Gasteiger partial charge in [0.1, 0.15) is 5.82 Å². The minimum atomic E-state index is -0.311. The summed E-state index contributed by atoms with van der Waals surface area (Å²) in [6.45, 7) is 15.1. The Hall–Kier alpha value is -2.51. The van der Waals surface area contributed by atoms with Gasteiger partial charge in [0.05, 0.1) is 11.0 Å². The summed E-state index contributed by atoms with van der Waals surface area (Å²) in [5, 5.41) is 5.34. The molecular formula is C35H52N4O2S. The third-order valence-corrected chi connectivity index (χ3v) is 9.84. The maximum atomic E-state index is 13.6. The molecule has 3 heterocycles. The van der Waals surface area contributed by atoms with E-state index in [1.54, 1.807) is 11.3 Å². The number of nitrogens with one attached hydrogen (secondary N) is 1. The van der Waals surface area contributed by atoms with Crippen LogP contribution in [0.2, 0.25) is 0 Å². The molecule has 1 saturated heterocycles. The van der Waals surface area contributed by atoms with Crippen molar-refractivity contribution < 1.29 is 9.59 Å². The third kappa shape index (κ3) is 8.53. The molecule has 6 nitrogen and oxygen atoms in total. The van der Waals surface area contributed by atoms with E-state index in [1.165, 1.54) is 24.3 Å². The normalized spacial score (nSPS) is 15.6. The van der Waals surface area contributed by atoms with Crippen LogP contribution in [0.25, 0.3) is 11.0 Å². The molecule has 1 amide bonds. The van der Waals surface area contributed by atoms with Crippen molar-refractivity contribution in [3.8, 4) is 0 Å². The molecular weight excluding hydrogens is 540 g/mol. The first-order chi connectivity index (χ1) is 20.3. The van der Waals surface area contributed by atoms with E-state index < -0.39 is 0 Å². The van der Waals surface area contributed by atoms with Crippen LogP contribution in [-0.2, 0) is 11.2 Å². The fraction of sp³-hybridized carbons (Fsp3) is 0.629. The SMILES string of the molecule is CCCCN1CCC(CNC(=O)[C@@H](CC(=O)c2ccc3c(c2)nc(Cc2cccs2)n3C(CC)CC)CC(C)C)CC1. The number of rotatable bonds is 16. The molecule has 0 saturated carbocycles. The lowest BCUT2D eigenvalue weighted by atomic mass is 9.89. The van der Waals surface area contributed by atoms with E-state index in [2.05, 4.69) is 73.0 Å². The highest BCUT2D eigenvalue weighted by molar-refractivity contribution is 7.09. The van der Waals surface area contributed by atoms with Gasteiger partial charge in [-0.05, 0) is 99.6 Å². The van der Waals surface area contributed by atoms with E-state index in [0.717, 1.165) is 68.6 Å². The van der Waals surface area contributed by atoms with Gasteiger partial charge in [-0.3, -0.25) is 9.59 Å². The molecule has 0 radical (unpaired) electrons. The van der Waals surface area contributed by atoms with Crippen LogP contribution in [0.15, 0.2) is 35.7 Å². The number of ketones is 1. The Morgan fingerprint density at radius 3 is 2.50 bits per heavy atom. The highest BCUT2D eigenvalue weighted by Gasteiger charge is 2.26. The fourth-order valence-electron chi connectivity index (χ4n) is 6.46. The number of benzene rings is 1. The molecule has 230 valence electrons. The molecule has 0 spiro atoms. The number of imidazole rings is 1.